The molecule has 0 radical (unpaired) electrons. The van der Waals surface area contributed by atoms with Gasteiger partial charge in [0.25, 0.3) is 0 Å². The van der Waals surface area contributed by atoms with E-state index >= 15 is 0 Å². The fourth-order valence-corrected chi connectivity index (χ4v) is 5.23. The molecule has 0 spiro atoms. The van der Waals surface area contributed by atoms with Crippen LogP contribution in [0.15, 0.2) is 33.6 Å². The summed E-state index contributed by atoms with van der Waals surface area (Å²) in [6.07, 6.45) is 0. The SMILES string of the molecule is C[Si](C)(C)CCS(=O)c1ccc(Br)cc1. The van der Waals surface area contributed by atoms with Gasteiger partial charge in [-0.05, 0) is 30.3 Å². The smallest absolute Gasteiger partial charge is 0.0526 e. The van der Waals surface area contributed by atoms with Crippen molar-refractivity contribution in [2.75, 3.05) is 5.75 Å². The van der Waals surface area contributed by atoms with Gasteiger partial charge < -0.3 is 0 Å². The Morgan fingerprint density at radius 3 is 2.20 bits per heavy atom. The Balaban J connectivity index is 2.58. The zero-order valence-corrected chi connectivity index (χ0v) is 12.8. The molecule has 1 nitrogen and oxygen atoms in total. The molecule has 1 atom stereocenters. The maximum atomic E-state index is 11.9. The highest BCUT2D eigenvalue weighted by molar-refractivity contribution is 9.10. The third-order valence-corrected chi connectivity index (χ3v) is 6.13. The van der Waals surface area contributed by atoms with E-state index in [1.165, 1.54) is 0 Å². The first-order valence-corrected chi connectivity index (χ1v) is 10.8. The molecule has 0 fully saturated rings. The van der Waals surface area contributed by atoms with E-state index in [0.717, 1.165) is 21.2 Å². The third kappa shape index (κ3) is 5.09. The Morgan fingerprint density at radius 1 is 1.20 bits per heavy atom. The lowest BCUT2D eigenvalue weighted by molar-refractivity contribution is 0.683. The second-order valence-corrected chi connectivity index (χ2v) is 12.9. The molecule has 0 aromatic heterocycles. The molecule has 1 aromatic carbocycles. The largest absolute Gasteiger partial charge is 0.254 e. The zero-order chi connectivity index (χ0) is 11.5. The highest BCUT2D eigenvalue weighted by Gasteiger charge is 2.15. The topological polar surface area (TPSA) is 17.1 Å². The highest BCUT2D eigenvalue weighted by Crippen LogP contribution is 2.16. The average molecular weight is 305 g/mol. The van der Waals surface area contributed by atoms with Gasteiger partial charge in [0.1, 0.15) is 0 Å². The summed E-state index contributed by atoms with van der Waals surface area (Å²) in [6, 6.07) is 8.88. The van der Waals surface area contributed by atoms with Crippen molar-refractivity contribution in [3.63, 3.8) is 0 Å². The molecule has 0 N–H and O–H groups in total. The van der Waals surface area contributed by atoms with Crippen LogP contribution in [0.25, 0.3) is 0 Å². The molecule has 1 rings (SSSR count). The van der Waals surface area contributed by atoms with Crippen molar-refractivity contribution in [1.82, 2.24) is 0 Å². The maximum Gasteiger partial charge on any atom is 0.0526 e. The van der Waals surface area contributed by atoms with Crippen molar-refractivity contribution >= 4 is 34.8 Å². The first-order chi connectivity index (χ1) is 6.88. The number of rotatable bonds is 4. The molecule has 1 unspecified atom stereocenters. The Bertz CT molecular complexity index is 343. The third-order valence-electron chi connectivity index (χ3n) is 2.11. The van der Waals surface area contributed by atoms with Crippen molar-refractivity contribution in [2.24, 2.45) is 0 Å². The molecule has 0 saturated carbocycles. The Morgan fingerprint density at radius 2 is 1.73 bits per heavy atom. The second kappa shape index (κ2) is 5.41. The number of hydrogen-bond donors (Lipinski definition) is 0. The fourth-order valence-electron chi connectivity index (χ4n) is 1.10. The number of benzene rings is 1. The van der Waals surface area contributed by atoms with E-state index in [1.54, 1.807) is 0 Å². The van der Waals surface area contributed by atoms with Crippen LogP contribution in [-0.2, 0) is 10.8 Å². The molecule has 84 valence electrons. The minimum absolute atomic E-state index is 0.803. The molecule has 0 saturated heterocycles. The first kappa shape index (κ1) is 13.1. The monoisotopic (exact) mass is 304 g/mol. The van der Waals surface area contributed by atoms with Gasteiger partial charge in [0.15, 0.2) is 0 Å². The van der Waals surface area contributed by atoms with Crippen LogP contribution in [0.4, 0.5) is 0 Å². The number of halogens is 1. The summed E-state index contributed by atoms with van der Waals surface area (Å²) in [5.74, 6) is 0.803. The Kier molecular flexibility index (Phi) is 4.74. The summed E-state index contributed by atoms with van der Waals surface area (Å²) in [7, 11) is -1.89. The molecule has 0 aliphatic heterocycles. The van der Waals surface area contributed by atoms with E-state index in [4.69, 9.17) is 0 Å². The Labute approximate surface area is 104 Å². The van der Waals surface area contributed by atoms with Crippen molar-refractivity contribution < 1.29 is 4.21 Å². The van der Waals surface area contributed by atoms with Crippen LogP contribution in [0.1, 0.15) is 0 Å². The molecule has 0 heterocycles. The lowest BCUT2D eigenvalue weighted by atomic mass is 10.4. The van der Waals surface area contributed by atoms with Gasteiger partial charge in [-0.1, -0.05) is 35.6 Å². The normalized spacial score (nSPS) is 13.9. The van der Waals surface area contributed by atoms with E-state index in [9.17, 15) is 4.21 Å². The fraction of sp³-hybridized carbons (Fsp3) is 0.455. The molecule has 4 heteroatoms. The predicted molar refractivity (Wildman–Crippen MR) is 73.6 cm³/mol. The van der Waals surface area contributed by atoms with Gasteiger partial charge in [-0.3, -0.25) is 4.21 Å². The maximum absolute atomic E-state index is 11.9. The van der Waals surface area contributed by atoms with E-state index in [-0.39, 0.29) is 0 Å². The van der Waals surface area contributed by atoms with Gasteiger partial charge in [0.2, 0.25) is 0 Å². The van der Waals surface area contributed by atoms with Crippen LogP contribution >= 0.6 is 15.9 Å². The van der Waals surface area contributed by atoms with Gasteiger partial charge >= 0.3 is 0 Å². The molecule has 1 aromatic rings. The molecule has 0 bridgehead atoms. The molecule has 15 heavy (non-hydrogen) atoms. The predicted octanol–water partition coefficient (Wildman–Crippen LogP) is 3.89. The molecular weight excluding hydrogens is 288 g/mol. The van der Waals surface area contributed by atoms with Crippen LogP contribution in [0.2, 0.25) is 25.7 Å². The zero-order valence-electron chi connectivity index (χ0n) is 9.42. The summed E-state index contributed by atoms with van der Waals surface area (Å²) < 4.78 is 13.0. The lowest BCUT2D eigenvalue weighted by Gasteiger charge is -2.14. The standard InChI is InChI=1S/C11H17BrOSSi/c1-15(2,3)9-8-14(13)11-6-4-10(12)5-7-11/h4-7H,8-9H2,1-3H3. The first-order valence-electron chi connectivity index (χ1n) is 5.02. The highest BCUT2D eigenvalue weighted by atomic mass is 79.9. The van der Waals surface area contributed by atoms with Crippen molar-refractivity contribution in [3.8, 4) is 0 Å². The van der Waals surface area contributed by atoms with Crippen LogP contribution in [0, 0.1) is 0 Å². The van der Waals surface area contributed by atoms with Crippen LogP contribution in [0.5, 0.6) is 0 Å². The van der Waals surface area contributed by atoms with Gasteiger partial charge in [0.05, 0.1) is 10.8 Å². The van der Waals surface area contributed by atoms with E-state index < -0.39 is 18.9 Å². The molecule has 0 aliphatic carbocycles. The van der Waals surface area contributed by atoms with E-state index in [2.05, 4.69) is 35.6 Å². The Hall–Kier alpha value is 0.0669. The lowest BCUT2D eigenvalue weighted by Crippen LogP contribution is -2.22. The molecular formula is C11H17BrOSSi. The minimum atomic E-state index is -1.07. The summed E-state index contributed by atoms with van der Waals surface area (Å²) in [5, 5.41) is 0. The van der Waals surface area contributed by atoms with Crippen LogP contribution < -0.4 is 0 Å². The van der Waals surface area contributed by atoms with Crippen LogP contribution in [0.3, 0.4) is 0 Å². The van der Waals surface area contributed by atoms with Gasteiger partial charge in [-0.15, -0.1) is 0 Å². The van der Waals surface area contributed by atoms with Gasteiger partial charge in [-0.2, -0.15) is 0 Å². The average Bonchev–Trinajstić information content (AvgIpc) is 2.14. The summed E-state index contributed by atoms with van der Waals surface area (Å²) in [5.41, 5.74) is 0. The van der Waals surface area contributed by atoms with Gasteiger partial charge in [0, 0.05) is 23.2 Å². The molecule has 0 aliphatic rings. The quantitative estimate of drug-likeness (QED) is 0.771. The van der Waals surface area contributed by atoms with Gasteiger partial charge in [-0.25, -0.2) is 0 Å². The summed E-state index contributed by atoms with van der Waals surface area (Å²) in [4.78, 5) is 0.941. The summed E-state index contributed by atoms with van der Waals surface area (Å²) >= 11 is 3.37. The second-order valence-electron chi connectivity index (χ2n) is 4.81. The van der Waals surface area contributed by atoms with Crippen molar-refractivity contribution in [1.29, 1.82) is 0 Å². The van der Waals surface area contributed by atoms with Crippen LogP contribution in [-0.4, -0.2) is 18.0 Å². The van der Waals surface area contributed by atoms with Crippen molar-refractivity contribution in [3.05, 3.63) is 28.7 Å². The molecule has 0 amide bonds. The van der Waals surface area contributed by atoms with E-state index in [0.29, 0.717) is 0 Å². The summed E-state index contributed by atoms with van der Waals surface area (Å²) in [6.45, 7) is 6.93. The van der Waals surface area contributed by atoms with E-state index in [1.807, 2.05) is 24.3 Å². The minimum Gasteiger partial charge on any atom is -0.254 e. The van der Waals surface area contributed by atoms with Crippen molar-refractivity contribution in [2.45, 2.75) is 30.6 Å². The number of hydrogen-bond acceptors (Lipinski definition) is 1.